The topological polar surface area (TPSA) is 109 Å². The van der Waals surface area contributed by atoms with E-state index in [1.165, 1.54) is 12.1 Å². The first-order valence-electron chi connectivity index (χ1n) is 10.4. The Morgan fingerprint density at radius 3 is 2.41 bits per heavy atom. The highest BCUT2D eigenvalue weighted by molar-refractivity contribution is 7.99. The van der Waals surface area contributed by atoms with Crippen LogP contribution in [0.2, 0.25) is 0 Å². The van der Waals surface area contributed by atoms with Crippen LogP contribution < -0.4 is 10.5 Å². The second-order valence-corrected chi connectivity index (χ2v) is 10.2. The lowest BCUT2D eigenvalue weighted by Gasteiger charge is -2.22. The number of aromatic carboxylic acids is 1. The van der Waals surface area contributed by atoms with E-state index >= 15 is 4.39 Å². The maximum absolute atomic E-state index is 15.4. The van der Waals surface area contributed by atoms with Gasteiger partial charge in [-0.3, -0.25) is 0 Å². The number of nitrogens with two attached hydrogens (primary N) is 1. The lowest BCUT2D eigenvalue weighted by molar-refractivity contribution is 0.0697. The number of carboxylic acids is 1. The maximum Gasteiger partial charge on any atom is 0.335 e. The van der Waals surface area contributed by atoms with E-state index in [-0.39, 0.29) is 11.3 Å². The minimum atomic E-state index is -4.77. The third-order valence-corrected chi connectivity index (χ3v) is 7.20. The number of carbonyl (C=O) groups is 1. The predicted octanol–water partition coefficient (Wildman–Crippen LogP) is 4.86. The maximum atomic E-state index is 15.4. The monoisotopic (exact) mass is 512 g/mol. The van der Waals surface area contributed by atoms with Gasteiger partial charge in [-0.15, -0.1) is 11.8 Å². The molecule has 6 nitrogen and oxygen atoms in total. The molecule has 0 unspecified atom stereocenters. The van der Waals surface area contributed by atoms with Gasteiger partial charge in [0.25, 0.3) is 0 Å². The number of sulfonamides is 1. The van der Waals surface area contributed by atoms with Gasteiger partial charge < -0.3 is 10.4 Å². The number of thioether (sulfide) groups is 1. The van der Waals surface area contributed by atoms with Gasteiger partial charge in [-0.05, 0) is 43.4 Å². The quantitative estimate of drug-likeness (QED) is 0.344. The Balaban J connectivity index is 1.89. The van der Waals surface area contributed by atoms with Crippen LogP contribution in [0.15, 0.2) is 58.4 Å². The van der Waals surface area contributed by atoms with Crippen molar-refractivity contribution >= 4 is 33.4 Å². The van der Waals surface area contributed by atoms with Crippen molar-refractivity contribution in [2.75, 3.05) is 11.1 Å². The number of anilines is 1. The van der Waals surface area contributed by atoms with Crippen LogP contribution in [-0.4, -0.2) is 31.3 Å². The molecule has 0 saturated heterocycles. The minimum Gasteiger partial charge on any atom is -0.478 e. The molecule has 0 fully saturated rings. The number of primary sulfonamides is 1. The van der Waals surface area contributed by atoms with E-state index in [1.54, 1.807) is 24.3 Å². The molecule has 0 spiro atoms. The molecule has 1 aliphatic carbocycles. The van der Waals surface area contributed by atoms with Crippen LogP contribution >= 0.6 is 11.8 Å². The summed E-state index contributed by atoms with van der Waals surface area (Å²) in [4.78, 5) is 9.04. The van der Waals surface area contributed by atoms with Crippen LogP contribution in [0, 0.1) is 17.5 Å². The Bertz CT molecular complexity index is 1230. The first-order valence-corrected chi connectivity index (χ1v) is 12.9. The Morgan fingerprint density at radius 2 is 1.76 bits per heavy atom. The van der Waals surface area contributed by atoms with Crippen LogP contribution in [0.1, 0.15) is 35.2 Å². The summed E-state index contributed by atoms with van der Waals surface area (Å²) in [6.07, 6.45) is 9.20. The van der Waals surface area contributed by atoms with Crippen LogP contribution in [0.5, 0.6) is 0 Å². The van der Waals surface area contributed by atoms with Gasteiger partial charge in [0.1, 0.15) is 4.90 Å². The molecular weight excluding hydrogens is 489 g/mol. The van der Waals surface area contributed by atoms with Crippen molar-refractivity contribution in [1.82, 2.24) is 0 Å². The zero-order valence-electron chi connectivity index (χ0n) is 17.9. The summed E-state index contributed by atoms with van der Waals surface area (Å²) >= 11 is 0.689. The number of allylic oxidation sites excluding steroid dienone is 3. The number of halogens is 3. The summed E-state index contributed by atoms with van der Waals surface area (Å²) in [6.45, 7) is 0. The second-order valence-electron chi connectivity index (χ2n) is 7.63. The van der Waals surface area contributed by atoms with Gasteiger partial charge in [0, 0.05) is 11.8 Å². The molecule has 0 heterocycles. The van der Waals surface area contributed by atoms with E-state index in [1.807, 2.05) is 12.2 Å². The minimum absolute atomic E-state index is 0.101. The number of rotatable bonds is 8. The van der Waals surface area contributed by atoms with Crippen molar-refractivity contribution < 1.29 is 31.5 Å². The molecule has 4 N–H and O–H groups in total. The Morgan fingerprint density at radius 1 is 1.09 bits per heavy atom. The number of nitrogens with one attached hydrogen (secondary N) is 1. The van der Waals surface area contributed by atoms with Gasteiger partial charge in [-0.1, -0.05) is 36.4 Å². The molecule has 0 radical (unpaired) electrons. The highest BCUT2D eigenvalue weighted by atomic mass is 32.2. The molecule has 34 heavy (non-hydrogen) atoms. The summed E-state index contributed by atoms with van der Waals surface area (Å²) in [5.41, 5.74) is 0.134. The fourth-order valence-electron chi connectivity index (χ4n) is 3.47. The fourth-order valence-corrected chi connectivity index (χ4v) is 5.23. The molecule has 1 atom stereocenters. The number of hydrogen-bond donors (Lipinski definition) is 3. The number of hydrogen-bond acceptors (Lipinski definition) is 5. The Hall–Kier alpha value is -2.76. The molecule has 0 aromatic heterocycles. The first kappa shape index (κ1) is 25.9. The van der Waals surface area contributed by atoms with Gasteiger partial charge in [0.2, 0.25) is 10.0 Å². The Kier molecular flexibility index (Phi) is 8.45. The molecule has 2 aromatic rings. The molecule has 1 aliphatic rings. The number of aryl methyl sites for hydroxylation is 1. The van der Waals surface area contributed by atoms with Gasteiger partial charge in [-0.2, -0.15) is 0 Å². The third kappa shape index (κ3) is 6.22. The molecule has 0 amide bonds. The normalized spacial score (nSPS) is 18.1. The first-order chi connectivity index (χ1) is 16.1. The van der Waals surface area contributed by atoms with Gasteiger partial charge in [0.15, 0.2) is 17.5 Å². The van der Waals surface area contributed by atoms with E-state index in [4.69, 9.17) is 10.2 Å². The number of benzene rings is 2. The molecule has 11 heteroatoms. The van der Waals surface area contributed by atoms with E-state index in [2.05, 4.69) is 5.32 Å². The van der Waals surface area contributed by atoms with E-state index in [0.29, 0.717) is 43.0 Å². The summed E-state index contributed by atoms with van der Waals surface area (Å²) in [6, 6.07) is 5.54. The zero-order valence-corrected chi connectivity index (χ0v) is 19.6. The lowest BCUT2D eigenvalue weighted by Crippen LogP contribution is -2.25. The molecule has 0 aliphatic heterocycles. The van der Waals surface area contributed by atoms with Crippen molar-refractivity contribution in [3.05, 3.63) is 77.1 Å². The van der Waals surface area contributed by atoms with Crippen molar-refractivity contribution in [1.29, 1.82) is 0 Å². The number of carboxylic acid groups (broad SMARTS) is 1. The zero-order chi connectivity index (χ0) is 24.9. The van der Waals surface area contributed by atoms with Crippen molar-refractivity contribution in [2.45, 2.75) is 41.5 Å². The van der Waals surface area contributed by atoms with E-state index in [0.717, 1.165) is 0 Å². The molecule has 0 bridgehead atoms. The van der Waals surface area contributed by atoms with Crippen molar-refractivity contribution in [2.24, 2.45) is 5.14 Å². The van der Waals surface area contributed by atoms with Gasteiger partial charge in [0.05, 0.1) is 16.1 Å². The van der Waals surface area contributed by atoms with Gasteiger partial charge >= 0.3 is 5.97 Å². The molecular formula is C23H23F3N2O4S2. The molecule has 0 saturated carbocycles. The van der Waals surface area contributed by atoms with E-state index < -0.39 is 55.0 Å². The van der Waals surface area contributed by atoms with Crippen LogP contribution in [0.25, 0.3) is 0 Å². The van der Waals surface area contributed by atoms with E-state index in [9.17, 15) is 22.0 Å². The average molecular weight is 513 g/mol. The highest BCUT2D eigenvalue weighted by Crippen LogP contribution is 2.38. The smallest absolute Gasteiger partial charge is 0.335 e. The summed E-state index contributed by atoms with van der Waals surface area (Å²) in [5.74, 6) is -5.54. The summed E-state index contributed by atoms with van der Waals surface area (Å²) < 4.78 is 69.0. The van der Waals surface area contributed by atoms with Crippen LogP contribution in [0.3, 0.4) is 0 Å². The predicted molar refractivity (Wildman–Crippen MR) is 125 cm³/mol. The largest absolute Gasteiger partial charge is 0.478 e. The Labute approximate surface area is 199 Å². The van der Waals surface area contributed by atoms with Crippen molar-refractivity contribution in [3.63, 3.8) is 0 Å². The highest BCUT2D eigenvalue weighted by Gasteiger charge is 2.32. The van der Waals surface area contributed by atoms with Crippen LogP contribution in [0.4, 0.5) is 18.9 Å². The van der Waals surface area contributed by atoms with Gasteiger partial charge in [-0.25, -0.2) is 31.5 Å². The lowest BCUT2D eigenvalue weighted by atomic mass is 10.0. The van der Waals surface area contributed by atoms with Crippen molar-refractivity contribution in [3.8, 4) is 0 Å². The second kappa shape index (κ2) is 11.1. The third-order valence-electron chi connectivity index (χ3n) is 5.19. The molecule has 182 valence electrons. The molecule has 2 aromatic carbocycles. The molecule has 3 rings (SSSR count). The van der Waals surface area contributed by atoms with Crippen LogP contribution in [-0.2, 0) is 16.4 Å². The fraction of sp³-hybridized carbons (Fsp3) is 0.261. The SMILES string of the molecule is NS(=O)(=O)c1c(F)c(F)c(SCCc2ccc(C(=O)O)cc2)c(F)c1N[C@@H]1C/C=C/C=C\CC1. The summed E-state index contributed by atoms with van der Waals surface area (Å²) in [7, 11) is -4.77. The standard InChI is InChI=1S/C23H23F3N2O4S2/c24-17-18(25)22(34(27,31)32)20(28-16-6-4-2-1-3-5-7-16)19(26)21(17)33-13-12-14-8-10-15(11-9-14)23(29)30/h1-4,8-11,16,28H,5-7,12-13H2,(H,29,30)(H2,27,31,32)/b3-1-,4-2+/t16-/m1/s1. The average Bonchev–Trinajstić information content (AvgIpc) is 2.75. The summed E-state index contributed by atoms with van der Waals surface area (Å²) in [5, 5.41) is 16.8.